The maximum atomic E-state index is 12.8. The predicted molar refractivity (Wildman–Crippen MR) is 121 cm³/mol. The molecule has 4 rings (SSSR count). The number of rotatable bonds is 7. The fraction of sp³-hybridized carbons (Fsp3) is 0.360. The van der Waals surface area contributed by atoms with Crippen LogP contribution in [0.1, 0.15) is 47.5 Å². The average Bonchev–Trinajstić information content (AvgIpc) is 3.34. The van der Waals surface area contributed by atoms with Crippen LogP contribution in [0.5, 0.6) is 5.75 Å². The lowest BCUT2D eigenvalue weighted by molar-refractivity contribution is 0.0910. The van der Waals surface area contributed by atoms with Crippen LogP contribution in [0.15, 0.2) is 57.7 Å². The standard InChI is InChI=1S/C25H28N2O4/c1-3-17-6-11-23-20(14-17)22(28)15-24(31-23)25(29)26-16-21(27-12-4-5-13-27)18-7-9-19(30-2)10-8-18/h6-11,14-15,21H,3-5,12-13,16H2,1-2H3,(H,26,29)/t21-/m0/s1. The van der Waals surface area contributed by atoms with Crippen molar-refractivity contribution in [2.45, 2.75) is 32.2 Å². The van der Waals surface area contributed by atoms with Crippen LogP contribution >= 0.6 is 0 Å². The van der Waals surface area contributed by atoms with Gasteiger partial charge in [-0.15, -0.1) is 0 Å². The third-order valence-corrected chi connectivity index (χ3v) is 5.96. The van der Waals surface area contributed by atoms with Gasteiger partial charge in [0.2, 0.25) is 0 Å². The quantitative estimate of drug-likeness (QED) is 0.627. The summed E-state index contributed by atoms with van der Waals surface area (Å²) < 4.78 is 11.0. The zero-order valence-electron chi connectivity index (χ0n) is 18.0. The first-order chi connectivity index (χ1) is 15.1. The average molecular weight is 421 g/mol. The molecule has 162 valence electrons. The Morgan fingerprint density at radius 2 is 1.87 bits per heavy atom. The van der Waals surface area contributed by atoms with Gasteiger partial charge in [0.25, 0.3) is 5.91 Å². The molecule has 2 heterocycles. The van der Waals surface area contributed by atoms with Crippen LogP contribution in [0.4, 0.5) is 0 Å². The van der Waals surface area contributed by atoms with E-state index < -0.39 is 0 Å². The zero-order chi connectivity index (χ0) is 21.8. The number of hydrogen-bond donors (Lipinski definition) is 1. The summed E-state index contributed by atoms with van der Waals surface area (Å²) in [5.74, 6) is 0.463. The van der Waals surface area contributed by atoms with Gasteiger partial charge in [-0.2, -0.15) is 0 Å². The van der Waals surface area contributed by atoms with Gasteiger partial charge in [-0.1, -0.05) is 25.1 Å². The second kappa shape index (κ2) is 9.35. The molecule has 1 saturated heterocycles. The lowest BCUT2D eigenvalue weighted by atomic mass is 10.1. The number of fused-ring (bicyclic) bond motifs is 1. The van der Waals surface area contributed by atoms with E-state index in [1.807, 2.05) is 43.3 Å². The van der Waals surface area contributed by atoms with Crippen molar-refractivity contribution in [1.29, 1.82) is 0 Å². The molecular formula is C25H28N2O4. The molecule has 2 aromatic carbocycles. The molecule has 1 aliphatic rings. The van der Waals surface area contributed by atoms with E-state index >= 15 is 0 Å². The van der Waals surface area contributed by atoms with Crippen LogP contribution in [0.3, 0.4) is 0 Å². The zero-order valence-corrected chi connectivity index (χ0v) is 18.0. The van der Waals surface area contributed by atoms with Crippen LogP contribution in [-0.4, -0.2) is 37.6 Å². The Hall–Kier alpha value is -3.12. The van der Waals surface area contributed by atoms with Crippen LogP contribution < -0.4 is 15.5 Å². The highest BCUT2D eigenvalue weighted by Crippen LogP contribution is 2.26. The van der Waals surface area contributed by atoms with Crippen LogP contribution in [0, 0.1) is 0 Å². The Balaban J connectivity index is 1.53. The molecule has 1 aromatic heterocycles. The number of nitrogens with one attached hydrogen (secondary N) is 1. The molecule has 31 heavy (non-hydrogen) atoms. The Kier molecular flexibility index (Phi) is 6.37. The van der Waals surface area contributed by atoms with Gasteiger partial charge < -0.3 is 14.5 Å². The number of likely N-dealkylation sites (tertiary alicyclic amines) is 1. The van der Waals surface area contributed by atoms with Crippen LogP contribution in [0.25, 0.3) is 11.0 Å². The number of ether oxygens (including phenoxy) is 1. The summed E-state index contributed by atoms with van der Waals surface area (Å²) in [7, 11) is 1.65. The predicted octanol–water partition coefficient (Wildman–Crippen LogP) is 3.93. The molecule has 1 amide bonds. The molecule has 6 heteroatoms. The van der Waals surface area contributed by atoms with E-state index in [0.717, 1.165) is 49.2 Å². The summed E-state index contributed by atoms with van der Waals surface area (Å²) in [6.07, 6.45) is 3.14. The monoisotopic (exact) mass is 420 g/mol. The van der Waals surface area contributed by atoms with Crippen molar-refractivity contribution in [1.82, 2.24) is 10.2 Å². The van der Waals surface area contributed by atoms with E-state index in [4.69, 9.17) is 9.15 Å². The number of benzene rings is 2. The largest absolute Gasteiger partial charge is 0.497 e. The Bertz CT molecular complexity index is 1110. The maximum absolute atomic E-state index is 12.8. The molecule has 1 N–H and O–H groups in total. The lowest BCUT2D eigenvalue weighted by Gasteiger charge is -2.28. The first-order valence-electron chi connectivity index (χ1n) is 10.8. The first kappa shape index (κ1) is 21.1. The van der Waals surface area contributed by atoms with Crippen molar-refractivity contribution in [2.24, 2.45) is 0 Å². The highest BCUT2D eigenvalue weighted by molar-refractivity contribution is 5.93. The maximum Gasteiger partial charge on any atom is 0.287 e. The third-order valence-electron chi connectivity index (χ3n) is 5.96. The number of hydrogen-bond acceptors (Lipinski definition) is 5. The van der Waals surface area contributed by atoms with Crippen molar-refractivity contribution in [3.05, 3.63) is 75.6 Å². The van der Waals surface area contributed by atoms with Crippen molar-refractivity contribution in [3.63, 3.8) is 0 Å². The van der Waals surface area contributed by atoms with Gasteiger partial charge in [-0.3, -0.25) is 14.5 Å². The molecule has 0 bridgehead atoms. The molecule has 1 atom stereocenters. The van der Waals surface area contributed by atoms with E-state index in [9.17, 15) is 9.59 Å². The first-order valence-corrected chi connectivity index (χ1v) is 10.8. The second-order valence-electron chi connectivity index (χ2n) is 7.90. The smallest absolute Gasteiger partial charge is 0.287 e. The van der Waals surface area contributed by atoms with Gasteiger partial charge in [0.1, 0.15) is 11.3 Å². The number of aryl methyl sites for hydroxylation is 1. The van der Waals surface area contributed by atoms with Crippen molar-refractivity contribution < 1.29 is 13.9 Å². The van der Waals surface area contributed by atoms with Crippen LogP contribution in [0.2, 0.25) is 0 Å². The van der Waals surface area contributed by atoms with Gasteiger partial charge in [-0.05, 0) is 67.7 Å². The molecule has 1 aliphatic heterocycles. The number of methoxy groups -OCH3 is 1. The van der Waals surface area contributed by atoms with Gasteiger partial charge in [0, 0.05) is 12.6 Å². The summed E-state index contributed by atoms with van der Waals surface area (Å²) in [4.78, 5) is 27.8. The van der Waals surface area contributed by atoms with Gasteiger partial charge in [0.05, 0.1) is 18.5 Å². The van der Waals surface area contributed by atoms with E-state index in [2.05, 4.69) is 10.2 Å². The highest BCUT2D eigenvalue weighted by atomic mass is 16.5. The van der Waals surface area contributed by atoms with Crippen molar-refractivity contribution in [3.8, 4) is 5.75 Å². The third kappa shape index (κ3) is 4.64. The summed E-state index contributed by atoms with van der Waals surface area (Å²) in [5.41, 5.74) is 2.41. The van der Waals surface area contributed by atoms with Crippen LogP contribution in [-0.2, 0) is 6.42 Å². The Morgan fingerprint density at radius 1 is 1.13 bits per heavy atom. The van der Waals surface area contributed by atoms with E-state index in [1.54, 1.807) is 13.2 Å². The molecule has 0 unspecified atom stereocenters. The number of nitrogens with zero attached hydrogens (tertiary/aromatic N) is 1. The lowest BCUT2D eigenvalue weighted by Crippen LogP contribution is -2.37. The summed E-state index contributed by atoms with van der Waals surface area (Å²) in [5, 5.41) is 3.48. The minimum Gasteiger partial charge on any atom is -0.497 e. The summed E-state index contributed by atoms with van der Waals surface area (Å²) >= 11 is 0. The van der Waals surface area contributed by atoms with E-state index in [1.165, 1.54) is 6.07 Å². The topological polar surface area (TPSA) is 71.8 Å². The Labute approximate surface area is 181 Å². The van der Waals surface area contributed by atoms with Gasteiger partial charge >= 0.3 is 0 Å². The number of carbonyl (C=O) groups is 1. The molecule has 0 radical (unpaired) electrons. The fourth-order valence-electron chi connectivity index (χ4n) is 4.15. The summed E-state index contributed by atoms with van der Waals surface area (Å²) in [6, 6.07) is 14.8. The summed E-state index contributed by atoms with van der Waals surface area (Å²) in [6.45, 7) is 4.46. The minimum absolute atomic E-state index is 0.0386. The molecule has 3 aromatic rings. The number of carbonyl (C=O) groups excluding carboxylic acids is 1. The fourth-order valence-corrected chi connectivity index (χ4v) is 4.15. The minimum atomic E-state index is -0.378. The van der Waals surface area contributed by atoms with Crippen molar-refractivity contribution in [2.75, 3.05) is 26.7 Å². The molecule has 0 saturated carbocycles. The number of amides is 1. The normalized spacial score (nSPS) is 15.2. The Morgan fingerprint density at radius 3 is 2.55 bits per heavy atom. The van der Waals surface area contributed by atoms with E-state index in [-0.39, 0.29) is 23.1 Å². The molecule has 0 spiro atoms. The highest BCUT2D eigenvalue weighted by Gasteiger charge is 2.24. The second-order valence-corrected chi connectivity index (χ2v) is 7.90. The molecule has 6 nitrogen and oxygen atoms in total. The van der Waals surface area contributed by atoms with Gasteiger partial charge in [-0.25, -0.2) is 0 Å². The molecule has 1 fully saturated rings. The van der Waals surface area contributed by atoms with Crippen molar-refractivity contribution >= 4 is 16.9 Å². The SMILES string of the molecule is CCc1ccc2oc(C(=O)NC[C@@H](c3ccc(OC)cc3)N3CCCC3)cc(=O)c2c1. The molecular weight excluding hydrogens is 392 g/mol. The van der Waals surface area contributed by atoms with Gasteiger partial charge in [0.15, 0.2) is 11.2 Å². The molecule has 0 aliphatic carbocycles. The van der Waals surface area contributed by atoms with E-state index in [0.29, 0.717) is 17.5 Å².